The Morgan fingerprint density at radius 1 is 1.58 bits per heavy atom. The summed E-state index contributed by atoms with van der Waals surface area (Å²) in [4.78, 5) is 29.2. The van der Waals surface area contributed by atoms with Crippen LogP contribution in [0.15, 0.2) is 5.38 Å². The summed E-state index contributed by atoms with van der Waals surface area (Å²) in [7, 11) is 0. The van der Waals surface area contributed by atoms with E-state index in [0.29, 0.717) is 12.2 Å². The van der Waals surface area contributed by atoms with Crippen molar-refractivity contribution in [2.45, 2.75) is 19.9 Å². The second-order valence-electron chi connectivity index (χ2n) is 4.39. The van der Waals surface area contributed by atoms with E-state index in [-0.39, 0.29) is 19.1 Å². The van der Waals surface area contributed by atoms with E-state index in [9.17, 15) is 9.59 Å². The fourth-order valence-corrected chi connectivity index (χ4v) is 2.81. The van der Waals surface area contributed by atoms with Gasteiger partial charge in [0.1, 0.15) is 11.6 Å². The first-order valence-electron chi connectivity index (χ1n) is 6.08. The molecule has 7 heteroatoms. The van der Waals surface area contributed by atoms with E-state index < -0.39 is 17.9 Å². The molecule has 0 aliphatic carbocycles. The molecule has 1 aromatic rings. The number of ether oxygens (including phenoxy) is 1. The van der Waals surface area contributed by atoms with Crippen molar-refractivity contribution in [3.8, 4) is 0 Å². The Kier molecular flexibility index (Phi) is 4.16. The summed E-state index contributed by atoms with van der Waals surface area (Å²) in [6, 6.07) is -0.419. The summed E-state index contributed by atoms with van der Waals surface area (Å²) in [6.07, 6.45) is 0. The summed E-state index contributed by atoms with van der Waals surface area (Å²) in [6.45, 7) is 4.51. The fourth-order valence-electron chi connectivity index (χ4n) is 2.22. The van der Waals surface area contributed by atoms with Crippen molar-refractivity contribution in [2.75, 3.05) is 19.8 Å². The Labute approximate surface area is 115 Å². The van der Waals surface area contributed by atoms with Crippen LogP contribution in [0.2, 0.25) is 0 Å². The lowest BCUT2D eigenvalue weighted by molar-refractivity contribution is -0.142. The minimum Gasteiger partial charge on any atom is -0.481 e. The van der Waals surface area contributed by atoms with E-state index in [1.807, 2.05) is 13.8 Å². The zero-order valence-corrected chi connectivity index (χ0v) is 11.6. The van der Waals surface area contributed by atoms with Gasteiger partial charge >= 0.3 is 5.97 Å². The molecule has 0 aromatic carbocycles. The predicted octanol–water partition coefficient (Wildman–Crippen LogP) is 1.01. The highest BCUT2D eigenvalue weighted by Crippen LogP contribution is 2.22. The van der Waals surface area contributed by atoms with Crippen LogP contribution in [-0.2, 0) is 9.53 Å². The Balaban J connectivity index is 2.20. The molecule has 1 amide bonds. The number of thiazole rings is 1. The van der Waals surface area contributed by atoms with Gasteiger partial charge in [-0.25, -0.2) is 4.98 Å². The third-order valence-corrected chi connectivity index (χ3v) is 3.98. The van der Waals surface area contributed by atoms with Gasteiger partial charge in [0.05, 0.1) is 24.3 Å². The zero-order valence-electron chi connectivity index (χ0n) is 10.8. The number of aromatic nitrogens is 1. The minimum absolute atomic E-state index is 0.153. The number of aliphatic carboxylic acids is 1. The summed E-state index contributed by atoms with van der Waals surface area (Å²) in [5.74, 6) is -1.82. The molecular weight excluding hydrogens is 268 g/mol. The summed E-state index contributed by atoms with van der Waals surface area (Å²) >= 11 is 1.40. The van der Waals surface area contributed by atoms with Crippen molar-refractivity contribution >= 4 is 23.2 Å². The Morgan fingerprint density at radius 2 is 2.32 bits per heavy atom. The smallest absolute Gasteiger partial charge is 0.311 e. The molecule has 0 radical (unpaired) electrons. The highest BCUT2D eigenvalue weighted by molar-refractivity contribution is 7.09. The second kappa shape index (κ2) is 5.66. The van der Waals surface area contributed by atoms with E-state index >= 15 is 0 Å². The van der Waals surface area contributed by atoms with Crippen LogP contribution >= 0.6 is 11.3 Å². The normalized spacial score (nSPS) is 22.4. The van der Waals surface area contributed by atoms with Gasteiger partial charge in [-0.05, 0) is 13.8 Å². The van der Waals surface area contributed by atoms with Gasteiger partial charge in [-0.1, -0.05) is 0 Å². The topological polar surface area (TPSA) is 79.7 Å². The molecule has 1 aromatic heterocycles. The monoisotopic (exact) mass is 284 g/mol. The first-order chi connectivity index (χ1) is 9.04. The van der Waals surface area contributed by atoms with Gasteiger partial charge in [0.2, 0.25) is 0 Å². The number of carbonyl (C=O) groups excluding carboxylic acids is 1. The van der Waals surface area contributed by atoms with Crippen molar-refractivity contribution in [1.29, 1.82) is 0 Å². The maximum Gasteiger partial charge on any atom is 0.311 e. The number of rotatable bonds is 4. The highest BCUT2D eigenvalue weighted by Gasteiger charge is 2.40. The first kappa shape index (κ1) is 14.0. The van der Waals surface area contributed by atoms with E-state index in [1.54, 1.807) is 10.3 Å². The van der Waals surface area contributed by atoms with Crippen molar-refractivity contribution in [3.63, 3.8) is 0 Å². The number of carboxylic acids is 1. The van der Waals surface area contributed by atoms with Crippen LogP contribution in [0, 0.1) is 12.8 Å². The van der Waals surface area contributed by atoms with Gasteiger partial charge in [-0.3, -0.25) is 9.59 Å². The third-order valence-electron chi connectivity index (χ3n) is 3.21. The number of hydrogen-bond donors (Lipinski definition) is 1. The summed E-state index contributed by atoms with van der Waals surface area (Å²) in [5, 5.41) is 11.7. The van der Waals surface area contributed by atoms with E-state index in [1.165, 1.54) is 11.3 Å². The van der Waals surface area contributed by atoms with Gasteiger partial charge in [0.25, 0.3) is 5.91 Å². The minimum atomic E-state index is -0.928. The molecule has 2 heterocycles. The van der Waals surface area contributed by atoms with Gasteiger partial charge in [0.15, 0.2) is 0 Å². The average molecular weight is 284 g/mol. The lowest BCUT2D eigenvalue weighted by atomic mass is 10.0. The van der Waals surface area contributed by atoms with Crippen LogP contribution in [0.4, 0.5) is 0 Å². The largest absolute Gasteiger partial charge is 0.481 e. The molecule has 0 spiro atoms. The molecule has 0 saturated carbocycles. The lowest BCUT2D eigenvalue weighted by Gasteiger charge is -2.28. The molecule has 1 aliphatic rings. The molecule has 1 N–H and O–H groups in total. The summed E-state index contributed by atoms with van der Waals surface area (Å²) in [5.41, 5.74) is 0.375. The number of hydrogen-bond acceptors (Lipinski definition) is 5. The first-order valence-corrected chi connectivity index (χ1v) is 6.96. The van der Waals surface area contributed by atoms with Gasteiger partial charge < -0.3 is 14.7 Å². The molecule has 2 unspecified atom stereocenters. The van der Waals surface area contributed by atoms with E-state index in [0.717, 1.165) is 5.01 Å². The Bertz CT molecular complexity index is 488. The van der Waals surface area contributed by atoms with Crippen molar-refractivity contribution in [2.24, 2.45) is 5.92 Å². The summed E-state index contributed by atoms with van der Waals surface area (Å²) < 4.78 is 5.21. The molecule has 0 bridgehead atoms. The fraction of sp³-hybridized carbons (Fsp3) is 0.583. The van der Waals surface area contributed by atoms with Gasteiger partial charge in [-0.2, -0.15) is 0 Å². The average Bonchev–Trinajstić information content (AvgIpc) is 2.98. The maximum absolute atomic E-state index is 12.4. The zero-order chi connectivity index (χ0) is 14.0. The van der Waals surface area contributed by atoms with Crippen molar-refractivity contribution in [1.82, 2.24) is 9.88 Å². The van der Waals surface area contributed by atoms with Crippen LogP contribution in [-0.4, -0.2) is 52.7 Å². The SMILES string of the molecule is CCN(C(=O)c1csc(C)n1)C1COCC1C(=O)O. The molecular formula is C12H16N2O4S. The molecule has 19 heavy (non-hydrogen) atoms. The van der Waals surface area contributed by atoms with Crippen LogP contribution in [0.25, 0.3) is 0 Å². The van der Waals surface area contributed by atoms with Gasteiger partial charge in [-0.15, -0.1) is 11.3 Å². The molecule has 1 fully saturated rings. The molecule has 6 nitrogen and oxygen atoms in total. The Hall–Kier alpha value is -1.47. The standard InChI is InChI=1S/C12H16N2O4S/c1-3-14(10-5-18-4-8(10)12(16)17)11(15)9-6-19-7(2)13-9/h6,8,10H,3-5H2,1-2H3,(H,16,17). The number of carboxylic acid groups (broad SMARTS) is 1. The van der Waals surface area contributed by atoms with E-state index in [4.69, 9.17) is 9.84 Å². The van der Waals surface area contributed by atoms with Crippen LogP contribution in [0.1, 0.15) is 22.4 Å². The highest BCUT2D eigenvalue weighted by atomic mass is 32.1. The van der Waals surface area contributed by atoms with Crippen molar-refractivity contribution < 1.29 is 19.4 Å². The van der Waals surface area contributed by atoms with E-state index in [2.05, 4.69) is 4.98 Å². The van der Waals surface area contributed by atoms with Crippen LogP contribution in [0.3, 0.4) is 0 Å². The molecule has 1 saturated heterocycles. The Morgan fingerprint density at radius 3 is 2.84 bits per heavy atom. The molecule has 2 rings (SSSR count). The third kappa shape index (κ3) is 2.76. The number of aryl methyl sites for hydroxylation is 1. The quantitative estimate of drug-likeness (QED) is 0.892. The number of likely N-dealkylation sites (N-methyl/N-ethyl adjacent to an activating group) is 1. The maximum atomic E-state index is 12.4. The molecule has 2 atom stereocenters. The second-order valence-corrected chi connectivity index (χ2v) is 5.45. The predicted molar refractivity (Wildman–Crippen MR) is 69.3 cm³/mol. The van der Waals surface area contributed by atoms with Crippen LogP contribution < -0.4 is 0 Å². The lowest BCUT2D eigenvalue weighted by Crippen LogP contribution is -2.46. The van der Waals surface area contributed by atoms with Crippen LogP contribution in [0.5, 0.6) is 0 Å². The van der Waals surface area contributed by atoms with Gasteiger partial charge in [0, 0.05) is 11.9 Å². The number of amides is 1. The number of carbonyl (C=O) groups is 2. The van der Waals surface area contributed by atoms with Crippen molar-refractivity contribution in [3.05, 3.63) is 16.1 Å². The molecule has 1 aliphatic heterocycles. The molecule has 104 valence electrons. The number of nitrogens with zero attached hydrogens (tertiary/aromatic N) is 2.